The van der Waals surface area contributed by atoms with Crippen LogP contribution >= 0.6 is 0 Å². The van der Waals surface area contributed by atoms with Crippen LogP contribution in [0.3, 0.4) is 0 Å². The Labute approximate surface area is 188 Å². The van der Waals surface area contributed by atoms with Crippen molar-refractivity contribution in [2.45, 2.75) is 6.54 Å². The Morgan fingerprint density at radius 1 is 0.781 bits per heavy atom. The maximum absolute atomic E-state index is 12.1. The van der Waals surface area contributed by atoms with Gasteiger partial charge in [-0.05, 0) is 17.7 Å². The van der Waals surface area contributed by atoms with Gasteiger partial charge in [-0.2, -0.15) is 0 Å². The third-order valence-corrected chi connectivity index (χ3v) is 5.02. The number of fused-ring (bicyclic) bond motifs is 1. The summed E-state index contributed by atoms with van der Waals surface area (Å²) in [6.07, 6.45) is 0. The maximum atomic E-state index is 12.1. The summed E-state index contributed by atoms with van der Waals surface area (Å²) in [6.45, 7) is 7.30. The van der Waals surface area contributed by atoms with Gasteiger partial charge >= 0.3 is 5.63 Å². The Balaban J connectivity index is 1.63. The van der Waals surface area contributed by atoms with Crippen LogP contribution in [0.25, 0.3) is 11.0 Å². The highest BCUT2D eigenvalue weighted by Crippen LogP contribution is 2.23. The third kappa shape index (κ3) is 8.50. The van der Waals surface area contributed by atoms with Gasteiger partial charge in [-0.3, -0.25) is 4.90 Å². The summed E-state index contributed by atoms with van der Waals surface area (Å²) in [5.74, 6) is 0.645. The fraction of sp³-hybridized carbons (Fsp3) is 0.609. The van der Waals surface area contributed by atoms with Crippen LogP contribution in [0.5, 0.6) is 5.75 Å². The van der Waals surface area contributed by atoms with E-state index in [2.05, 4.69) is 4.90 Å². The number of hydrogen-bond acceptors (Lipinski definition) is 9. The Morgan fingerprint density at radius 3 is 1.84 bits per heavy atom. The van der Waals surface area contributed by atoms with E-state index in [-0.39, 0.29) is 5.63 Å². The van der Waals surface area contributed by atoms with E-state index in [1.165, 1.54) is 0 Å². The molecule has 178 valence electrons. The van der Waals surface area contributed by atoms with E-state index in [0.29, 0.717) is 97.0 Å². The van der Waals surface area contributed by atoms with Crippen molar-refractivity contribution in [3.05, 3.63) is 40.2 Å². The van der Waals surface area contributed by atoms with Gasteiger partial charge in [0.1, 0.15) is 11.3 Å². The Hall–Kier alpha value is -2.01. The van der Waals surface area contributed by atoms with Crippen molar-refractivity contribution >= 4 is 11.0 Å². The molecule has 0 radical (unpaired) electrons. The average molecular weight is 452 g/mol. The van der Waals surface area contributed by atoms with Gasteiger partial charge in [-0.25, -0.2) is 4.79 Å². The van der Waals surface area contributed by atoms with Gasteiger partial charge in [0.15, 0.2) is 0 Å². The lowest BCUT2D eigenvalue weighted by molar-refractivity contribution is -0.0189. The van der Waals surface area contributed by atoms with Crippen molar-refractivity contribution in [3.8, 4) is 5.75 Å². The van der Waals surface area contributed by atoms with Crippen molar-refractivity contribution in [2.75, 3.05) is 86.3 Å². The molecule has 1 aliphatic rings. The van der Waals surface area contributed by atoms with Crippen molar-refractivity contribution < 1.29 is 32.8 Å². The predicted octanol–water partition coefficient (Wildman–Crippen LogP) is 1.70. The molecule has 9 nitrogen and oxygen atoms in total. The summed E-state index contributed by atoms with van der Waals surface area (Å²) >= 11 is 0. The van der Waals surface area contributed by atoms with Crippen LogP contribution in [0.4, 0.5) is 0 Å². The minimum atomic E-state index is -0.382. The third-order valence-electron chi connectivity index (χ3n) is 5.02. The van der Waals surface area contributed by atoms with Gasteiger partial charge in [-0.15, -0.1) is 0 Å². The lowest BCUT2D eigenvalue weighted by atomic mass is 10.1. The first-order chi connectivity index (χ1) is 15.8. The van der Waals surface area contributed by atoms with Gasteiger partial charge in [0.05, 0.1) is 73.2 Å². The quantitative estimate of drug-likeness (QED) is 0.647. The second-order valence-corrected chi connectivity index (χ2v) is 7.29. The van der Waals surface area contributed by atoms with E-state index in [9.17, 15) is 4.79 Å². The summed E-state index contributed by atoms with van der Waals surface area (Å²) in [5.41, 5.74) is 1.03. The van der Waals surface area contributed by atoms with Crippen LogP contribution in [0.1, 0.15) is 5.56 Å². The summed E-state index contributed by atoms with van der Waals surface area (Å²) < 4.78 is 38.5. The molecule has 9 heteroatoms. The zero-order valence-electron chi connectivity index (χ0n) is 18.7. The molecule has 0 spiro atoms. The molecule has 1 fully saturated rings. The number of methoxy groups -OCH3 is 1. The van der Waals surface area contributed by atoms with Crippen LogP contribution in [0.15, 0.2) is 33.5 Å². The molecule has 0 bridgehead atoms. The van der Waals surface area contributed by atoms with Gasteiger partial charge in [0.25, 0.3) is 0 Å². The topological polar surface area (TPSA) is 88.8 Å². The first-order valence-corrected chi connectivity index (χ1v) is 11.0. The molecule has 1 saturated heterocycles. The summed E-state index contributed by atoms with van der Waals surface area (Å²) in [4.78, 5) is 14.3. The summed E-state index contributed by atoms with van der Waals surface area (Å²) in [7, 11) is 1.58. The van der Waals surface area contributed by atoms with Crippen molar-refractivity contribution in [3.63, 3.8) is 0 Å². The maximum Gasteiger partial charge on any atom is 0.336 e. The molecule has 1 aromatic carbocycles. The van der Waals surface area contributed by atoms with Crippen LogP contribution in [0, 0.1) is 0 Å². The highest BCUT2D eigenvalue weighted by molar-refractivity contribution is 5.81. The minimum absolute atomic E-state index is 0.382. The Morgan fingerprint density at radius 2 is 1.31 bits per heavy atom. The van der Waals surface area contributed by atoms with E-state index in [1.54, 1.807) is 19.2 Å². The molecule has 3 rings (SSSR count). The highest BCUT2D eigenvalue weighted by Gasteiger charge is 2.12. The minimum Gasteiger partial charge on any atom is -0.497 e. The normalized spacial score (nSPS) is 19.3. The molecule has 32 heavy (non-hydrogen) atoms. The lowest BCUT2D eigenvalue weighted by Gasteiger charge is -2.23. The molecule has 0 amide bonds. The second-order valence-electron chi connectivity index (χ2n) is 7.29. The van der Waals surface area contributed by atoms with Crippen molar-refractivity contribution in [2.24, 2.45) is 0 Å². The smallest absolute Gasteiger partial charge is 0.336 e. The monoisotopic (exact) mass is 451 g/mol. The molecular formula is C23H33NO8. The van der Waals surface area contributed by atoms with Gasteiger partial charge in [-0.1, -0.05) is 0 Å². The molecule has 0 atom stereocenters. The molecule has 1 aliphatic heterocycles. The fourth-order valence-corrected chi connectivity index (χ4v) is 3.35. The molecule has 0 N–H and O–H groups in total. The van der Waals surface area contributed by atoms with E-state index >= 15 is 0 Å². The Bertz CT molecular complexity index is 837. The van der Waals surface area contributed by atoms with Crippen LogP contribution in [-0.4, -0.2) is 91.2 Å². The second kappa shape index (κ2) is 14.2. The SMILES string of the molecule is COc1ccc2c(CN3CCOCCOCCOCCOCCOCC3)cc(=O)oc2c1. The van der Waals surface area contributed by atoms with Gasteiger partial charge in [0, 0.05) is 37.2 Å². The molecule has 1 aromatic heterocycles. The highest BCUT2D eigenvalue weighted by atomic mass is 16.6. The number of rotatable bonds is 3. The predicted molar refractivity (Wildman–Crippen MR) is 118 cm³/mol. The van der Waals surface area contributed by atoms with E-state index < -0.39 is 0 Å². The van der Waals surface area contributed by atoms with E-state index in [0.717, 1.165) is 10.9 Å². The largest absolute Gasteiger partial charge is 0.497 e. The molecular weight excluding hydrogens is 418 g/mol. The molecule has 2 heterocycles. The van der Waals surface area contributed by atoms with Crippen LogP contribution in [0.2, 0.25) is 0 Å². The molecule has 0 aliphatic carbocycles. The zero-order chi connectivity index (χ0) is 22.4. The van der Waals surface area contributed by atoms with E-state index in [4.69, 9.17) is 32.8 Å². The van der Waals surface area contributed by atoms with Crippen molar-refractivity contribution in [1.29, 1.82) is 0 Å². The number of hydrogen-bond donors (Lipinski definition) is 0. The number of ether oxygens (including phenoxy) is 6. The number of benzene rings is 1. The van der Waals surface area contributed by atoms with Gasteiger partial charge in [0.2, 0.25) is 0 Å². The van der Waals surface area contributed by atoms with Crippen molar-refractivity contribution in [1.82, 2.24) is 4.90 Å². The molecule has 0 saturated carbocycles. The molecule has 2 aromatic rings. The van der Waals surface area contributed by atoms with Crippen LogP contribution in [-0.2, 0) is 30.2 Å². The standard InChI is InChI=1S/C23H33NO8/c1-26-20-2-3-21-19(16-23(25)32-22(21)17-20)18-24-4-6-27-8-10-29-12-14-31-15-13-30-11-9-28-7-5-24/h2-3,16-17H,4-15,18H2,1H3. The first kappa shape index (κ1) is 24.6. The zero-order valence-corrected chi connectivity index (χ0v) is 18.7. The van der Waals surface area contributed by atoms with Gasteiger partial charge < -0.3 is 32.8 Å². The summed E-state index contributed by atoms with van der Waals surface area (Å²) in [5, 5.41) is 0.885. The molecule has 0 unspecified atom stereocenters. The first-order valence-electron chi connectivity index (χ1n) is 11.0. The Kier molecular flexibility index (Phi) is 10.9. The number of nitrogens with zero attached hydrogens (tertiary/aromatic N) is 1. The van der Waals surface area contributed by atoms with E-state index in [1.807, 2.05) is 12.1 Å². The fourth-order valence-electron chi connectivity index (χ4n) is 3.35. The average Bonchev–Trinajstić information content (AvgIpc) is 2.79. The van der Waals surface area contributed by atoms with Crippen LogP contribution < -0.4 is 10.4 Å². The lowest BCUT2D eigenvalue weighted by Crippen LogP contribution is -2.31. The summed E-state index contributed by atoms with van der Waals surface area (Å²) in [6, 6.07) is 7.06.